The van der Waals surface area contributed by atoms with Crippen LogP contribution >= 0.6 is 0 Å². The Hall–Kier alpha value is 0.134. The van der Waals surface area contributed by atoms with Crippen molar-refractivity contribution >= 4 is 16.1 Å². The first-order chi connectivity index (χ1) is 10.8. The SMILES string of the molecule is CC(C)C1CCC(O)(C[Si](C)(C)C)C2CC=C(C[Si](C)(C)C)CC12. The van der Waals surface area contributed by atoms with Crippen molar-refractivity contribution in [3.63, 3.8) is 0 Å². The molecule has 4 unspecified atom stereocenters. The van der Waals surface area contributed by atoms with Crippen molar-refractivity contribution in [1.29, 1.82) is 0 Å². The van der Waals surface area contributed by atoms with Gasteiger partial charge in [0.2, 0.25) is 0 Å². The summed E-state index contributed by atoms with van der Waals surface area (Å²) in [5, 5.41) is 11.6. The minimum atomic E-state index is -1.26. The van der Waals surface area contributed by atoms with Gasteiger partial charge in [-0.25, -0.2) is 0 Å². The molecule has 0 bridgehead atoms. The van der Waals surface area contributed by atoms with Crippen molar-refractivity contribution in [2.75, 3.05) is 0 Å². The molecule has 1 nitrogen and oxygen atoms in total. The van der Waals surface area contributed by atoms with E-state index in [1.807, 2.05) is 0 Å². The maximum atomic E-state index is 11.6. The monoisotopic (exact) mass is 366 g/mol. The van der Waals surface area contributed by atoms with Crippen molar-refractivity contribution in [2.24, 2.45) is 23.7 Å². The molecule has 2 aliphatic carbocycles. The second-order valence-electron chi connectivity index (χ2n) is 11.6. The lowest BCUT2D eigenvalue weighted by Gasteiger charge is -2.53. The molecule has 24 heavy (non-hydrogen) atoms. The number of allylic oxidation sites excluding steroid dienone is 2. The number of aliphatic hydroxyl groups is 1. The Kier molecular flexibility index (Phi) is 5.99. The minimum absolute atomic E-state index is 0.387. The molecule has 1 saturated carbocycles. The highest BCUT2D eigenvalue weighted by molar-refractivity contribution is 6.76. The highest BCUT2D eigenvalue weighted by atomic mass is 28.3. The average Bonchev–Trinajstić information content (AvgIpc) is 2.33. The first-order valence-corrected chi connectivity index (χ1v) is 17.6. The van der Waals surface area contributed by atoms with Gasteiger partial charge in [-0.3, -0.25) is 0 Å². The van der Waals surface area contributed by atoms with E-state index in [1.165, 1.54) is 18.9 Å². The van der Waals surface area contributed by atoms with Crippen LogP contribution in [0.25, 0.3) is 0 Å². The molecule has 1 fully saturated rings. The van der Waals surface area contributed by atoms with Gasteiger partial charge in [0.25, 0.3) is 0 Å². The van der Waals surface area contributed by atoms with Gasteiger partial charge < -0.3 is 5.11 Å². The quantitative estimate of drug-likeness (QED) is 0.440. The minimum Gasteiger partial charge on any atom is -0.390 e. The van der Waals surface area contributed by atoms with E-state index in [-0.39, 0.29) is 5.60 Å². The molecular weight excluding hydrogens is 324 g/mol. The highest BCUT2D eigenvalue weighted by Gasteiger charge is 2.50. The fourth-order valence-corrected chi connectivity index (χ4v) is 9.60. The lowest BCUT2D eigenvalue weighted by Crippen LogP contribution is -2.53. The zero-order valence-electron chi connectivity index (χ0n) is 17.6. The van der Waals surface area contributed by atoms with Gasteiger partial charge in [0.1, 0.15) is 0 Å². The molecule has 0 heterocycles. The van der Waals surface area contributed by atoms with Crippen LogP contribution in [-0.4, -0.2) is 26.9 Å². The van der Waals surface area contributed by atoms with Crippen molar-refractivity contribution in [3.8, 4) is 0 Å². The molecule has 2 rings (SSSR count). The molecule has 0 aliphatic heterocycles. The summed E-state index contributed by atoms with van der Waals surface area (Å²) in [5.74, 6) is 2.79. The number of hydrogen-bond donors (Lipinski definition) is 1. The Morgan fingerprint density at radius 3 is 2.25 bits per heavy atom. The van der Waals surface area contributed by atoms with Crippen molar-refractivity contribution in [3.05, 3.63) is 11.6 Å². The summed E-state index contributed by atoms with van der Waals surface area (Å²) in [6, 6.07) is 2.44. The van der Waals surface area contributed by atoms with Crippen LogP contribution in [0.1, 0.15) is 39.5 Å². The summed E-state index contributed by atoms with van der Waals surface area (Å²) >= 11 is 0. The van der Waals surface area contributed by atoms with Gasteiger partial charge in [0.15, 0.2) is 0 Å². The second kappa shape index (κ2) is 7.04. The summed E-state index contributed by atoms with van der Waals surface area (Å²) in [4.78, 5) is 0. The third kappa shape index (κ3) is 5.08. The maximum absolute atomic E-state index is 11.6. The standard InChI is InChI=1S/C21H42OSi2/c1-16(2)18-11-12-21(22,15-24(6,7)8)20-10-9-17(13-19(18)20)14-23(3,4)5/h9,16,18-20,22H,10-15H2,1-8H3. The third-order valence-corrected chi connectivity index (χ3v) is 9.46. The molecule has 0 amide bonds. The number of hydrogen-bond acceptors (Lipinski definition) is 1. The van der Waals surface area contributed by atoms with Gasteiger partial charge in [0, 0.05) is 16.1 Å². The maximum Gasteiger partial charge on any atom is 0.0658 e. The predicted molar refractivity (Wildman–Crippen MR) is 113 cm³/mol. The molecule has 0 radical (unpaired) electrons. The first-order valence-electron chi connectivity index (χ1n) is 10.2. The highest BCUT2D eigenvalue weighted by Crippen LogP contribution is 2.53. The van der Waals surface area contributed by atoms with Gasteiger partial charge >= 0.3 is 0 Å². The molecule has 0 aromatic rings. The predicted octanol–water partition coefficient (Wildman–Crippen LogP) is 6.41. The molecular formula is C21H42OSi2. The molecule has 3 heteroatoms. The second-order valence-corrected chi connectivity index (χ2v) is 22.5. The van der Waals surface area contributed by atoms with Crippen LogP contribution in [0.2, 0.25) is 51.4 Å². The molecule has 0 spiro atoms. The average molecular weight is 367 g/mol. The normalized spacial score (nSPS) is 34.9. The van der Waals surface area contributed by atoms with Crippen LogP contribution < -0.4 is 0 Å². The van der Waals surface area contributed by atoms with E-state index in [0.717, 1.165) is 36.6 Å². The lowest BCUT2D eigenvalue weighted by atomic mass is 9.57. The fourth-order valence-electron chi connectivity index (χ4n) is 5.67. The van der Waals surface area contributed by atoms with Crippen molar-refractivity contribution in [2.45, 2.75) is 96.5 Å². The van der Waals surface area contributed by atoms with E-state index in [2.05, 4.69) is 59.2 Å². The third-order valence-electron chi connectivity index (χ3n) is 6.28. The Labute approximate surface area is 153 Å². The van der Waals surface area contributed by atoms with Crippen LogP contribution in [0.15, 0.2) is 11.6 Å². The largest absolute Gasteiger partial charge is 0.390 e. The summed E-state index contributed by atoms with van der Waals surface area (Å²) in [7, 11) is -2.31. The number of fused-ring (bicyclic) bond motifs is 1. The van der Waals surface area contributed by atoms with Gasteiger partial charge in [-0.2, -0.15) is 0 Å². The van der Waals surface area contributed by atoms with E-state index in [0.29, 0.717) is 5.92 Å². The van der Waals surface area contributed by atoms with Crippen LogP contribution in [0, 0.1) is 23.7 Å². The van der Waals surface area contributed by atoms with Gasteiger partial charge in [-0.15, -0.1) is 0 Å². The Bertz CT molecular complexity index is 469. The molecule has 2 aliphatic rings. The van der Waals surface area contributed by atoms with E-state index >= 15 is 0 Å². The van der Waals surface area contributed by atoms with Crippen LogP contribution in [0.5, 0.6) is 0 Å². The van der Waals surface area contributed by atoms with Gasteiger partial charge in [-0.05, 0) is 61.4 Å². The molecule has 140 valence electrons. The summed E-state index contributed by atoms with van der Waals surface area (Å²) in [5.41, 5.74) is 1.33. The van der Waals surface area contributed by atoms with E-state index < -0.39 is 16.1 Å². The zero-order valence-corrected chi connectivity index (χ0v) is 19.6. The summed E-state index contributed by atoms with van der Waals surface area (Å²) in [6.45, 7) is 19.5. The Balaban J connectivity index is 2.27. The van der Waals surface area contributed by atoms with E-state index in [1.54, 1.807) is 5.57 Å². The molecule has 0 aromatic heterocycles. The van der Waals surface area contributed by atoms with Crippen LogP contribution in [0.4, 0.5) is 0 Å². The van der Waals surface area contributed by atoms with Crippen molar-refractivity contribution in [1.82, 2.24) is 0 Å². The molecule has 0 saturated heterocycles. The molecule has 1 N–H and O–H groups in total. The lowest BCUT2D eigenvalue weighted by molar-refractivity contribution is -0.0896. The first kappa shape index (κ1) is 20.4. The molecule has 4 atom stereocenters. The van der Waals surface area contributed by atoms with Crippen LogP contribution in [-0.2, 0) is 0 Å². The summed E-state index contributed by atoms with van der Waals surface area (Å²) < 4.78 is 0. The van der Waals surface area contributed by atoms with Crippen molar-refractivity contribution < 1.29 is 5.11 Å². The zero-order chi connectivity index (χ0) is 18.3. The van der Waals surface area contributed by atoms with E-state index in [4.69, 9.17) is 0 Å². The van der Waals surface area contributed by atoms with Gasteiger partial charge in [-0.1, -0.05) is 64.8 Å². The summed E-state index contributed by atoms with van der Waals surface area (Å²) in [6.07, 6.45) is 7.22. The number of rotatable bonds is 5. The van der Waals surface area contributed by atoms with Gasteiger partial charge in [0.05, 0.1) is 5.60 Å². The fraction of sp³-hybridized carbons (Fsp3) is 0.905. The smallest absolute Gasteiger partial charge is 0.0658 e. The Morgan fingerprint density at radius 1 is 1.12 bits per heavy atom. The molecule has 0 aromatic carbocycles. The Morgan fingerprint density at radius 2 is 1.75 bits per heavy atom. The van der Waals surface area contributed by atoms with E-state index in [9.17, 15) is 5.11 Å². The van der Waals surface area contributed by atoms with Crippen LogP contribution in [0.3, 0.4) is 0 Å². The topological polar surface area (TPSA) is 20.2 Å².